The zero-order valence-corrected chi connectivity index (χ0v) is 15.7. The second-order valence-corrected chi connectivity index (χ2v) is 7.17. The molecule has 8 heteroatoms. The van der Waals surface area contributed by atoms with Crippen LogP contribution in [0.25, 0.3) is 0 Å². The predicted molar refractivity (Wildman–Crippen MR) is 101 cm³/mol. The molecule has 0 unspecified atom stereocenters. The maximum atomic E-state index is 12.8. The number of methoxy groups -OCH3 is 1. The molecular formula is C20H17F3N2O2S. The smallest absolute Gasteiger partial charge is 0.380 e. The van der Waals surface area contributed by atoms with Gasteiger partial charge in [0.1, 0.15) is 0 Å². The van der Waals surface area contributed by atoms with Crippen LogP contribution in [0.2, 0.25) is 0 Å². The summed E-state index contributed by atoms with van der Waals surface area (Å²) in [6.45, 7) is 0.308. The Morgan fingerprint density at radius 1 is 1.18 bits per heavy atom. The van der Waals surface area contributed by atoms with Gasteiger partial charge in [0.2, 0.25) is 0 Å². The minimum Gasteiger partial charge on any atom is -0.380 e. The zero-order valence-electron chi connectivity index (χ0n) is 14.9. The molecule has 1 heterocycles. The van der Waals surface area contributed by atoms with Crippen molar-refractivity contribution in [3.8, 4) is 0 Å². The normalized spacial score (nSPS) is 11.4. The third-order valence-corrected chi connectivity index (χ3v) is 4.88. The number of benzene rings is 2. The van der Waals surface area contributed by atoms with Gasteiger partial charge in [-0.15, -0.1) is 11.3 Å². The highest BCUT2D eigenvalue weighted by molar-refractivity contribution is 7.15. The number of nitrogens with zero attached hydrogens (tertiary/aromatic N) is 1. The van der Waals surface area contributed by atoms with Gasteiger partial charge in [0, 0.05) is 30.2 Å². The number of thiazole rings is 1. The summed E-state index contributed by atoms with van der Waals surface area (Å²) in [4.78, 5) is 17.4. The molecule has 3 rings (SSSR count). The van der Waals surface area contributed by atoms with Crippen molar-refractivity contribution in [2.75, 3.05) is 12.4 Å². The first-order valence-electron chi connectivity index (χ1n) is 8.36. The fourth-order valence-electron chi connectivity index (χ4n) is 2.69. The molecule has 0 spiro atoms. The number of ether oxygens (including phenoxy) is 1. The number of carbonyl (C=O) groups is 1. The van der Waals surface area contributed by atoms with Gasteiger partial charge in [-0.2, -0.15) is 13.2 Å². The lowest BCUT2D eigenvalue weighted by atomic mass is 10.1. The van der Waals surface area contributed by atoms with Gasteiger partial charge in [0.25, 0.3) is 5.91 Å². The summed E-state index contributed by atoms with van der Waals surface area (Å²) in [5.41, 5.74) is 1.09. The molecule has 1 aromatic heterocycles. The first-order valence-corrected chi connectivity index (χ1v) is 9.17. The molecule has 28 heavy (non-hydrogen) atoms. The molecule has 0 saturated heterocycles. The highest BCUT2D eigenvalue weighted by atomic mass is 32.1. The minimum atomic E-state index is -4.38. The molecule has 0 aliphatic rings. The van der Waals surface area contributed by atoms with Gasteiger partial charge in [0.05, 0.1) is 12.2 Å². The largest absolute Gasteiger partial charge is 0.416 e. The van der Waals surface area contributed by atoms with Crippen LogP contribution in [0.15, 0.2) is 54.7 Å². The molecule has 0 radical (unpaired) electrons. The molecule has 3 aromatic rings. The van der Waals surface area contributed by atoms with E-state index < -0.39 is 11.7 Å². The highest BCUT2D eigenvalue weighted by Crippen LogP contribution is 2.30. The average Bonchev–Trinajstić information content (AvgIpc) is 3.08. The van der Waals surface area contributed by atoms with Crippen LogP contribution in [0.3, 0.4) is 0 Å². The number of amides is 1. The lowest BCUT2D eigenvalue weighted by Crippen LogP contribution is -2.14. The Balaban J connectivity index is 1.71. The van der Waals surface area contributed by atoms with Crippen molar-refractivity contribution in [3.05, 3.63) is 81.9 Å². The van der Waals surface area contributed by atoms with E-state index in [1.807, 2.05) is 6.07 Å². The third kappa shape index (κ3) is 4.96. The number of nitrogens with one attached hydrogen (secondary N) is 1. The minimum absolute atomic E-state index is 0.303. The Bertz CT molecular complexity index is 970. The van der Waals surface area contributed by atoms with Gasteiger partial charge < -0.3 is 4.74 Å². The standard InChI is InChI=1S/C20H17F3N2O2S/c1-27-12-14-6-2-3-8-17(14)18(26)25-19-24-11-16(28-19)10-13-5-4-7-15(9-13)20(21,22)23/h2-9,11H,10,12H2,1H3,(H,24,25,26). The van der Waals surface area contributed by atoms with Gasteiger partial charge in [0.15, 0.2) is 5.13 Å². The van der Waals surface area contributed by atoms with Crippen LogP contribution in [0.4, 0.5) is 18.3 Å². The molecule has 0 bridgehead atoms. The Labute approximate surface area is 164 Å². The molecule has 2 aromatic carbocycles. The van der Waals surface area contributed by atoms with Crippen LogP contribution < -0.4 is 5.32 Å². The molecule has 1 amide bonds. The molecule has 0 aliphatic carbocycles. The van der Waals surface area contributed by atoms with Crippen molar-refractivity contribution < 1.29 is 22.7 Å². The Morgan fingerprint density at radius 2 is 1.96 bits per heavy atom. The van der Waals surface area contributed by atoms with Crippen molar-refractivity contribution >= 4 is 22.4 Å². The van der Waals surface area contributed by atoms with E-state index in [1.165, 1.54) is 17.4 Å². The lowest BCUT2D eigenvalue weighted by molar-refractivity contribution is -0.137. The van der Waals surface area contributed by atoms with Crippen molar-refractivity contribution in [3.63, 3.8) is 0 Å². The van der Waals surface area contributed by atoms with E-state index in [0.29, 0.717) is 29.3 Å². The van der Waals surface area contributed by atoms with E-state index in [-0.39, 0.29) is 5.91 Å². The van der Waals surface area contributed by atoms with Crippen molar-refractivity contribution in [2.24, 2.45) is 0 Å². The summed E-state index contributed by atoms with van der Waals surface area (Å²) in [5, 5.41) is 3.12. The predicted octanol–water partition coefficient (Wildman–Crippen LogP) is 5.15. The van der Waals surface area contributed by atoms with Crippen molar-refractivity contribution in [2.45, 2.75) is 19.2 Å². The molecule has 0 saturated carbocycles. The summed E-state index contributed by atoms with van der Waals surface area (Å²) in [5.74, 6) is -0.312. The number of hydrogen-bond donors (Lipinski definition) is 1. The second kappa shape index (κ2) is 8.53. The maximum absolute atomic E-state index is 12.8. The summed E-state index contributed by atoms with van der Waals surface area (Å²) in [6, 6.07) is 12.3. The summed E-state index contributed by atoms with van der Waals surface area (Å²) in [6.07, 6.45) is -2.52. The summed E-state index contributed by atoms with van der Waals surface area (Å²) < 4.78 is 43.6. The van der Waals surface area contributed by atoms with Crippen LogP contribution in [0, 0.1) is 0 Å². The van der Waals surface area contributed by atoms with Crippen LogP contribution in [0.5, 0.6) is 0 Å². The second-order valence-electron chi connectivity index (χ2n) is 6.05. The van der Waals surface area contributed by atoms with E-state index in [0.717, 1.165) is 22.6 Å². The third-order valence-electron chi connectivity index (χ3n) is 3.97. The maximum Gasteiger partial charge on any atom is 0.416 e. The van der Waals surface area contributed by atoms with Gasteiger partial charge in [-0.1, -0.05) is 36.4 Å². The van der Waals surface area contributed by atoms with Crippen LogP contribution in [-0.4, -0.2) is 18.0 Å². The topological polar surface area (TPSA) is 51.2 Å². The molecular weight excluding hydrogens is 389 g/mol. The number of anilines is 1. The van der Waals surface area contributed by atoms with E-state index in [9.17, 15) is 18.0 Å². The number of hydrogen-bond acceptors (Lipinski definition) is 4. The Morgan fingerprint density at radius 3 is 2.71 bits per heavy atom. The van der Waals surface area contributed by atoms with Crippen LogP contribution >= 0.6 is 11.3 Å². The quantitative estimate of drug-likeness (QED) is 0.616. The Hall–Kier alpha value is -2.71. The van der Waals surface area contributed by atoms with Crippen molar-refractivity contribution in [1.29, 1.82) is 0 Å². The highest BCUT2D eigenvalue weighted by Gasteiger charge is 2.30. The first kappa shape index (κ1) is 20.0. The van der Waals surface area contributed by atoms with Crippen LogP contribution in [0.1, 0.15) is 31.9 Å². The van der Waals surface area contributed by atoms with E-state index >= 15 is 0 Å². The lowest BCUT2D eigenvalue weighted by Gasteiger charge is -2.08. The molecule has 146 valence electrons. The molecule has 1 N–H and O–H groups in total. The van der Waals surface area contributed by atoms with E-state index in [1.54, 1.807) is 37.6 Å². The number of halogens is 3. The SMILES string of the molecule is COCc1ccccc1C(=O)Nc1ncc(Cc2cccc(C(F)(F)F)c2)s1. The van der Waals surface area contributed by atoms with Gasteiger partial charge >= 0.3 is 6.18 Å². The number of carbonyl (C=O) groups excluding carboxylic acids is 1. The van der Waals surface area contributed by atoms with E-state index in [2.05, 4.69) is 10.3 Å². The van der Waals surface area contributed by atoms with E-state index in [4.69, 9.17) is 4.74 Å². The van der Waals surface area contributed by atoms with Gasteiger partial charge in [-0.3, -0.25) is 10.1 Å². The fraction of sp³-hybridized carbons (Fsp3) is 0.200. The van der Waals surface area contributed by atoms with Gasteiger partial charge in [-0.25, -0.2) is 4.98 Å². The molecule has 4 nitrogen and oxygen atoms in total. The first-order chi connectivity index (χ1) is 13.4. The molecule has 0 aliphatic heterocycles. The monoisotopic (exact) mass is 406 g/mol. The van der Waals surface area contributed by atoms with Gasteiger partial charge in [-0.05, 0) is 23.3 Å². The molecule has 0 fully saturated rings. The number of rotatable bonds is 6. The van der Waals surface area contributed by atoms with Crippen LogP contribution in [-0.2, 0) is 23.9 Å². The average molecular weight is 406 g/mol. The summed E-state index contributed by atoms with van der Waals surface area (Å²) in [7, 11) is 1.55. The fourth-order valence-corrected chi connectivity index (χ4v) is 3.54. The molecule has 0 atom stereocenters. The number of alkyl halides is 3. The summed E-state index contributed by atoms with van der Waals surface area (Å²) >= 11 is 1.23. The number of aromatic nitrogens is 1. The zero-order chi connectivity index (χ0) is 20.1. The van der Waals surface area contributed by atoms with Crippen molar-refractivity contribution in [1.82, 2.24) is 4.98 Å². The Kier molecular flexibility index (Phi) is 6.11.